The Kier molecular flexibility index (Phi) is 4.81. The molecule has 0 atom stereocenters. The molecular formula is C19H22N2O2. The zero-order chi connectivity index (χ0) is 16.1. The van der Waals surface area contributed by atoms with Crippen molar-refractivity contribution >= 4 is 17.3 Å². The second-order valence-corrected chi connectivity index (χ2v) is 5.89. The molecule has 0 unspecified atom stereocenters. The van der Waals surface area contributed by atoms with Gasteiger partial charge in [0.05, 0.1) is 7.11 Å². The van der Waals surface area contributed by atoms with Gasteiger partial charge in [-0.15, -0.1) is 0 Å². The number of carbonyl (C=O) groups excluding carboxylic acids is 1. The van der Waals surface area contributed by atoms with Crippen LogP contribution in [0.3, 0.4) is 0 Å². The zero-order valence-electron chi connectivity index (χ0n) is 13.3. The van der Waals surface area contributed by atoms with Crippen molar-refractivity contribution in [3.63, 3.8) is 0 Å². The molecule has 0 radical (unpaired) electrons. The van der Waals surface area contributed by atoms with E-state index in [1.54, 1.807) is 19.2 Å². The van der Waals surface area contributed by atoms with Gasteiger partial charge in [-0.2, -0.15) is 0 Å². The summed E-state index contributed by atoms with van der Waals surface area (Å²) in [6.07, 6.45) is 5.11. The van der Waals surface area contributed by atoms with Gasteiger partial charge in [0.15, 0.2) is 0 Å². The SMILES string of the molecule is COc1cccc(C(=O)Nc2ccc(NC3CCCC3)cc2)c1. The van der Waals surface area contributed by atoms with Gasteiger partial charge in [0.2, 0.25) is 0 Å². The van der Waals surface area contributed by atoms with Gasteiger partial charge in [0.25, 0.3) is 5.91 Å². The van der Waals surface area contributed by atoms with Crippen molar-refractivity contribution in [1.29, 1.82) is 0 Å². The van der Waals surface area contributed by atoms with Crippen LogP contribution in [-0.4, -0.2) is 19.1 Å². The van der Waals surface area contributed by atoms with Gasteiger partial charge in [-0.1, -0.05) is 18.9 Å². The highest BCUT2D eigenvalue weighted by atomic mass is 16.5. The number of amides is 1. The molecule has 1 saturated carbocycles. The van der Waals surface area contributed by atoms with Crippen LogP contribution in [-0.2, 0) is 0 Å². The van der Waals surface area contributed by atoms with Crippen LogP contribution in [0.5, 0.6) is 5.75 Å². The molecule has 0 saturated heterocycles. The highest BCUT2D eigenvalue weighted by Crippen LogP contribution is 2.23. The van der Waals surface area contributed by atoms with Gasteiger partial charge < -0.3 is 15.4 Å². The number of ether oxygens (including phenoxy) is 1. The quantitative estimate of drug-likeness (QED) is 0.865. The van der Waals surface area contributed by atoms with Crippen LogP contribution in [0, 0.1) is 0 Å². The number of hydrogen-bond acceptors (Lipinski definition) is 3. The number of carbonyl (C=O) groups is 1. The number of nitrogens with one attached hydrogen (secondary N) is 2. The third kappa shape index (κ3) is 4.03. The molecule has 0 bridgehead atoms. The summed E-state index contributed by atoms with van der Waals surface area (Å²) < 4.78 is 5.15. The fourth-order valence-corrected chi connectivity index (χ4v) is 2.92. The second-order valence-electron chi connectivity index (χ2n) is 5.89. The Hall–Kier alpha value is -2.49. The normalized spacial score (nSPS) is 14.5. The molecule has 23 heavy (non-hydrogen) atoms. The van der Waals surface area contributed by atoms with Gasteiger partial charge in [-0.25, -0.2) is 0 Å². The minimum atomic E-state index is -0.139. The van der Waals surface area contributed by atoms with Crippen molar-refractivity contribution in [3.05, 3.63) is 54.1 Å². The summed E-state index contributed by atoms with van der Waals surface area (Å²) in [5, 5.41) is 6.45. The minimum Gasteiger partial charge on any atom is -0.497 e. The van der Waals surface area contributed by atoms with E-state index in [2.05, 4.69) is 10.6 Å². The fourth-order valence-electron chi connectivity index (χ4n) is 2.92. The summed E-state index contributed by atoms with van der Waals surface area (Å²) in [4.78, 5) is 12.3. The molecule has 4 nitrogen and oxygen atoms in total. The summed E-state index contributed by atoms with van der Waals surface area (Å²) in [6.45, 7) is 0. The highest BCUT2D eigenvalue weighted by molar-refractivity contribution is 6.04. The minimum absolute atomic E-state index is 0.139. The molecule has 2 aromatic carbocycles. The van der Waals surface area contributed by atoms with Crippen molar-refractivity contribution in [1.82, 2.24) is 0 Å². The van der Waals surface area contributed by atoms with E-state index in [4.69, 9.17) is 4.74 Å². The molecular weight excluding hydrogens is 288 g/mol. The molecule has 2 aromatic rings. The third-order valence-corrected chi connectivity index (χ3v) is 4.20. The predicted octanol–water partition coefficient (Wildman–Crippen LogP) is 4.30. The van der Waals surface area contributed by atoms with Crippen molar-refractivity contribution in [2.75, 3.05) is 17.7 Å². The lowest BCUT2D eigenvalue weighted by atomic mass is 10.2. The Morgan fingerprint density at radius 2 is 1.74 bits per heavy atom. The van der Waals surface area contributed by atoms with E-state index in [0.29, 0.717) is 17.4 Å². The molecule has 0 aliphatic heterocycles. The van der Waals surface area contributed by atoms with Gasteiger partial charge in [0, 0.05) is 23.0 Å². The monoisotopic (exact) mass is 310 g/mol. The first-order valence-electron chi connectivity index (χ1n) is 8.06. The van der Waals surface area contributed by atoms with E-state index in [1.165, 1.54) is 25.7 Å². The van der Waals surface area contributed by atoms with E-state index in [0.717, 1.165) is 11.4 Å². The maximum atomic E-state index is 12.3. The Bertz CT molecular complexity index is 661. The Balaban J connectivity index is 1.61. The summed E-state index contributed by atoms with van der Waals surface area (Å²) in [5.74, 6) is 0.536. The summed E-state index contributed by atoms with van der Waals surface area (Å²) in [7, 11) is 1.59. The molecule has 0 heterocycles. The number of hydrogen-bond donors (Lipinski definition) is 2. The lowest BCUT2D eigenvalue weighted by molar-refractivity contribution is 0.102. The van der Waals surface area contributed by atoms with Gasteiger partial charge in [0.1, 0.15) is 5.75 Å². The van der Waals surface area contributed by atoms with Crippen molar-refractivity contribution in [3.8, 4) is 5.75 Å². The molecule has 1 amide bonds. The topological polar surface area (TPSA) is 50.4 Å². The highest BCUT2D eigenvalue weighted by Gasteiger charge is 2.14. The van der Waals surface area contributed by atoms with Crippen LogP contribution in [0.25, 0.3) is 0 Å². The molecule has 2 N–H and O–H groups in total. The average molecular weight is 310 g/mol. The van der Waals surface area contributed by atoms with E-state index in [9.17, 15) is 4.79 Å². The van der Waals surface area contributed by atoms with Crippen LogP contribution in [0.1, 0.15) is 36.0 Å². The van der Waals surface area contributed by atoms with Crippen molar-refractivity contribution in [2.24, 2.45) is 0 Å². The Morgan fingerprint density at radius 1 is 1.04 bits per heavy atom. The molecule has 1 fully saturated rings. The molecule has 120 valence electrons. The first-order valence-corrected chi connectivity index (χ1v) is 8.06. The number of anilines is 2. The second kappa shape index (κ2) is 7.18. The third-order valence-electron chi connectivity index (χ3n) is 4.20. The van der Waals surface area contributed by atoms with Crippen LogP contribution < -0.4 is 15.4 Å². The fraction of sp³-hybridized carbons (Fsp3) is 0.316. The Labute approximate surface area is 136 Å². The standard InChI is InChI=1S/C19H22N2O2/c1-23-18-8-4-5-14(13-18)19(22)21-17-11-9-16(10-12-17)20-15-6-2-3-7-15/h4-5,8-13,15,20H,2-3,6-7H2,1H3,(H,21,22). The van der Waals surface area contributed by atoms with Crippen LogP contribution >= 0.6 is 0 Å². The summed E-state index contributed by atoms with van der Waals surface area (Å²) >= 11 is 0. The zero-order valence-corrected chi connectivity index (χ0v) is 13.3. The van der Waals surface area contributed by atoms with Crippen LogP contribution in [0.4, 0.5) is 11.4 Å². The van der Waals surface area contributed by atoms with E-state index in [-0.39, 0.29) is 5.91 Å². The summed E-state index contributed by atoms with van der Waals surface area (Å²) in [5.41, 5.74) is 2.48. The number of rotatable bonds is 5. The van der Waals surface area contributed by atoms with E-state index in [1.807, 2.05) is 36.4 Å². The van der Waals surface area contributed by atoms with E-state index < -0.39 is 0 Å². The molecule has 3 rings (SSSR count). The smallest absolute Gasteiger partial charge is 0.255 e. The van der Waals surface area contributed by atoms with Crippen LogP contribution in [0.15, 0.2) is 48.5 Å². The largest absolute Gasteiger partial charge is 0.497 e. The number of benzene rings is 2. The van der Waals surface area contributed by atoms with Gasteiger partial charge in [-0.05, 0) is 55.3 Å². The maximum absolute atomic E-state index is 12.3. The van der Waals surface area contributed by atoms with Crippen LogP contribution in [0.2, 0.25) is 0 Å². The van der Waals surface area contributed by atoms with E-state index >= 15 is 0 Å². The Morgan fingerprint density at radius 3 is 2.43 bits per heavy atom. The van der Waals surface area contributed by atoms with Gasteiger partial charge in [-0.3, -0.25) is 4.79 Å². The first kappa shape index (κ1) is 15.4. The predicted molar refractivity (Wildman–Crippen MR) is 93.3 cm³/mol. The van der Waals surface area contributed by atoms with Gasteiger partial charge >= 0.3 is 0 Å². The summed E-state index contributed by atoms with van der Waals surface area (Å²) in [6, 6.07) is 15.6. The van der Waals surface area contributed by atoms with Crippen molar-refractivity contribution < 1.29 is 9.53 Å². The number of methoxy groups -OCH3 is 1. The maximum Gasteiger partial charge on any atom is 0.255 e. The molecule has 1 aliphatic carbocycles. The molecule has 1 aliphatic rings. The molecule has 4 heteroatoms. The molecule has 0 spiro atoms. The lowest BCUT2D eigenvalue weighted by Crippen LogP contribution is -2.14. The average Bonchev–Trinajstić information content (AvgIpc) is 3.09. The van der Waals surface area contributed by atoms with Crippen molar-refractivity contribution in [2.45, 2.75) is 31.7 Å². The lowest BCUT2D eigenvalue weighted by Gasteiger charge is -2.14. The first-order chi connectivity index (χ1) is 11.2. The molecule has 0 aromatic heterocycles.